The minimum absolute atomic E-state index is 0.304. The van der Waals surface area contributed by atoms with Gasteiger partial charge in [-0.1, -0.05) is 30.3 Å². The van der Waals surface area contributed by atoms with Gasteiger partial charge in [0.1, 0.15) is 6.61 Å². The molecule has 3 nitrogen and oxygen atoms in total. The highest BCUT2D eigenvalue weighted by atomic mass is 16.6. The van der Waals surface area contributed by atoms with Gasteiger partial charge >= 0.3 is 5.97 Å². The first-order valence-electron chi connectivity index (χ1n) is 4.07. The largest absolute Gasteiger partial charge is 0.459 e. The summed E-state index contributed by atoms with van der Waals surface area (Å²) >= 11 is 0. The van der Waals surface area contributed by atoms with E-state index in [0.717, 1.165) is 5.56 Å². The van der Waals surface area contributed by atoms with Gasteiger partial charge in [0.05, 0.1) is 0 Å². The molecule has 1 aromatic carbocycles. The van der Waals surface area contributed by atoms with Gasteiger partial charge in [0.25, 0.3) is 0 Å². The summed E-state index contributed by atoms with van der Waals surface area (Å²) in [6.45, 7) is 0.312. The van der Waals surface area contributed by atoms with Crippen LogP contribution >= 0.6 is 0 Å². The molecular formula is C10H10O3. The van der Waals surface area contributed by atoms with Crippen LogP contribution < -0.4 is 0 Å². The molecule has 1 atom stereocenters. The van der Waals surface area contributed by atoms with Crippen LogP contribution in [-0.2, 0) is 19.9 Å². The first-order chi connectivity index (χ1) is 6.29. The Morgan fingerprint density at radius 2 is 2.08 bits per heavy atom. The number of cyclic esters (lactones) is 1. The maximum atomic E-state index is 11.2. The monoisotopic (exact) mass is 178 g/mol. The van der Waals surface area contributed by atoms with Gasteiger partial charge < -0.3 is 9.47 Å². The van der Waals surface area contributed by atoms with Crippen LogP contribution in [0.4, 0.5) is 0 Å². The second kappa shape index (κ2) is 2.85. The first-order valence-corrected chi connectivity index (χ1v) is 4.07. The molecule has 0 saturated carbocycles. The normalized spacial score (nSPS) is 26.4. The molecule has 13 heavy (non-hydrogen) atoms. The van der Waals surface area contributed by atoms with Crippen LogP contribution in [-0.4, -0.2) is 19.7 Å². The summed E-state index contributed by atoms with van der Waals surface area (Å²) in [4.78, 5) is 11.2. The molecule has 0 aromatic heterocycles. The van der Waals surface area contributed by atoms with Crippen molar-refractivity contribution < 1.29 is 14.3 Å². The van der Waals surface area contributed by atoms with Gasteiger partial charge in [-0.15, -0.1) is 0 Å². The summed E-state index contributed by atoms with van der Waals surface area (Å²) < 4.78 is 9.93. The topological polar surface area (TPSA) is 35.5 Å². The first kappa shape index (κ1) is 8.26. The predicted octanol–water partition coefficient (Wildman–Crippen LogP) is 1.09. The van der Waals surface area contributed by atoms with Gasteiger partial charge in [-0.2, -0.15) is 0 Å². The van der Waals surface area contributed by atoms with Gasteiger partial charge in [0.2, 0.25) is 5.60 Å². The van der Waals surface area contributed by atoms with Crippen molar-refractivity contribution in [3.8, 4) is 0 Å². The Hall–Kier alpha value is -1.35. The van der Waals surface area contributed by atoms with Crippen molar-refractivity contribution in [1.29, 1.82) is 0 Å². The Morgan fingerprint density at radius 1 is 1.38 bits per heavy atom. The third-order valence-corrected chi connectivity index (χ3v) is 2.32. The van der Waals surface area contributed by atoms with E-state index >= 15 is 0 Å². The van der Waals surface area contributed by atoms with Crippen molar-refractivity contribution >= 4 is 5.97 Å². The zero-order chi connectivity index (χ0) is 9.31. The lowest BCUT2D eigenvalue weighted by molar-refractivity contribution is -0.213. The van der Waals surface area contributed by atoms with E-state index in [0.29, 0.717) is 6.61 Å². The number of ether oxygens (including phenoxy) is 2. The van der Waals surface area contributed by atoms with Crippen LogP contribution in [0.1, 0.15) is 5.56 Å². The Morgan fingerprint density at radius 3 is 2.46 bits per heavy atom. The smallest absolute Gasteiger partial charge is 0.346 e. The molecule has 1 aliphatic rings. The molecule has 3 heteroatoms. The average Bonchev–Trinajstić information content (AvgIpc) is 2.19. The van der Waals surface area contributed by atoms with E-state index < -0.39 is 5.60 Å². The SMILES string of the molecule is COC1(c2ccccc2)COC1=O. The van der Waals surface area contributed by atoms with E-state index in [2.05, 4.69) is 0 Å². The summed E-state index contributed by atoms with van der Waals surface area (Å²) in [6, 6.07) is 9.38. The van der Waals surface area contributed by atoms with E-state index in [4.69, 9.17) is 9.47 Å². The van der Waals surface area contributed by atoms with E-state index in [1.54, 1.807) is 0 Å². The minimum atomic E-state index is -0.846. The van der Waals surface area contributed by atoms with Crippen molar-refractivity contribution in [2.75, 3.05) is 13.7 Å². The van der Waals surface area contributed by atoms with E-state index in [1.807, 2.05) is 30.3 Å². The van der Waals surface area contributed by atoms with Crippen LogP contribution in [0, 0.1) is 0 Å². The van der Waals surface area contributed by atoms with Crippen molar-refractivity contribution in [2.24, 2.45) is 0 Å². The molecule has 0 N–H and O–H groups in total. The highest BCUT2D eigenvalue weighted by Gasteiger charge is 2.51. The Labute approximate surface area is 76.3 Å². The summed E-state index contributed by atoms with van der Waals surface area (Å²) in [5.74, 6) is -0.304. The van der Waals surface area contributed by atoms with Crippen molar-refractivity contribution in [2.45, 2.75) is 5.60 Å². The van der Waals surface area contributed by atoms with E-state index in [-0.39, 0.29) is 5.97 Å². The van der Waals surface area contributed by atoms with E-state index in [1.165, 1.54) is 7.11 Å². The zero-order valence-corrected chi connectivity index (χ0v) is 7.32. The molecule has 68 valence electrons. The lowest BCUT2D eigenvalue weighted by Gasteiger charge is -2.37. The maximum absolute atomic E-state index is 11.2. The van der Waals surface area contributed by atoms with Crippen LogP contribution in [0.3, 0.4) is 0 Å². The second-order valence-corrected chi connectivity index (χ2v) is 2.97. The fourth-order valence-electron chi connectivity index (χ4n) is 1.43. The van der Waals surface area contributed by atoms with Crippen LogP contribution in [0.15, 0.2) is 30.3 Å². The standard InChI is InChI=1S/C10H10O3/c1-12-10(7-13-9(10)11)8-5-3-2-4-6-8/h2-6H,7H2,1H3. The molecule has 1 unspecified atom stereocenters. The minimum Gasteiger partial charge on any atom is -0.459 e. The zero-order valence-electron chi connectivity index (χ0n) is 7.32. The van der Waals surface area contributed by atoms with Gasteiger partial charge in [-0.05, 0) is 5.56 Å². The molecular weight excluding hydrogens is 168 g/mol. The fourth-order valence-corrected chi connectivity index (χ4v) is 1.43. The number of rotatable bonds is 2. The molecule has 0 spiro atoms. The number of esters is 1. The fraction of sp³-hybridized carbons (Fsp3) is 0.300. The van der Waals surface area contributed by atoms with Crippen LogP contribution in [0.25, 0.3) is 0 Å². The molecule has 0 amide bonds. The molecule has 1 aliphatic heterocycles. The molecule has 1 aromatic rings. The Balaban J connectivity index is 2.38. The number of carbonyl (C=O) groups is 1. The molecule has 2 rings (SSSR count). The average molecular weight is 178 g/mol. The maximum Gasteiger partial charge on any atom is 0.346 e. The van der Waals surface area contributed by atoms with Gasteiger partial charge in [-0.25, -0.2) is 4.79 Å². The van der Waals surface area contributed by atoms with E-state index in [9.17, 15) is 4.79 Å². The van der Waals surface area contributed by atoms with Gasteiger partial charge in [0, 0.05) is 7.11 Å². The number of benzene rings is 1. The third-order valence-electron chi connectivity index (χ3n) is 2.32. The molecule has 1 heterocycles. The lowest BCUT2D eigenvalue weighted by atomic mass is 9.91. The summed E-state index contributed by atoms with van der Waals surface area (Å²) in [6.07, 6.45) is 0. The van der Waals surface area contributed by atoms with Crippen LogP contribution in [0.5, 0.6) is 0 Å². The molecule has 1 fully saturated rings. The summed E-state index contributed by atoms with van der Waals surface area (Å²) in [7, 11) is 1.52. The Kier molecular flexibility index (Phi) is 1.81. The molecule has 1 saturated heterocycles. The highest BCUT2D eigenvalue weighted by molar-refractivity contribution is 5.86. The second-order valence-electron chi connectivity index (χ2n) is 2.97. The van der Waals surface area contributed by atoms with Gasteiger partial charge in [-0.3, -0.25) is 0 Å². The lowest BCUT2D eigenvalue weighted by Crippen LogP contribution is -2.53. The number of carbonyl (C=O) groups excluding carboxylic acids is 1. The highest BCUT2D eigenvalue weighted by Crippen LogP contribution is 2.33. The molecule has 0 radical (unpaired) electrons. The summed E-state index contributed by atoms with van der Waals surface area (Å²) in [5, 5.41) is 0. The quantitative estimate of drug-likeness (QED) is 0.636. The van der Waals surface area contributed by atoms with Crippen molar-refractivity contribution in [3.63, 3.8) is 0 Å². The predicted molar refractivity (Wildman–Crippen MR) is 46.1 cm³/mol. The van der Waals surface area contributed by atoms with Crippen LogP contribution in [0.2, 0.25) is 0 Å². The van der Waals surface area contributed by atoms with Crippen molar-refractivity contribution in [1.82, 2.24) is 0 Å². The van der Waals surface area contributed by atoms with Crippen molar-refractivity contribution in [3.05, 3.63) is 35.9 Å². The number of hydrogen-bond acceptors (Lipinski definition) is 3. The summed E-state index contributed by atoms with van der Waals surface area (Å²) in [5.41, 5.74) is 0.00935. The number of hydrogen-bond donors (Lipinski definition) is 0. The Bertz CT molecular complexity index is 316. The van der Waals surface area contributed by atoms with Gasteiger partial charge in [0.15, 0.2) is 0 Å². The molecule has 0 bridgehead atoms. The third kappa shape index (κ3) is 1.04. The number of methoxy groups -OCH3 is 1. The molecule has 0 aliphatic carbocycles.